The Hall–Kier alpha value is -2.00. The van der Waals surface area contributed by atoms with E-state index in [1.54, 1.807) is 6.08 Å². The Labute approximate surface area is 244 Å². The lowest BCUT2D eigenvalue weighted by Gasteiger charge is -2.07. The van der Waals surface area contributed by atoms with Crippen molar-refractivity contribution in [2.24, 2.45) is 0 Å². The summed E-state index contributed by atoms with van der Waals surface area (Å²) in [6, 6.07) is 15.9. The van der Waals surface area contributed by atoms with Crippen molar-refractivity contribution in [2.45, 2.75) is 128 Å². The van der Waals surface area contributed by atoms with Gasteiger partial charge in [0.25, 0.3) is 0 Å². The maximum absolute atomic E-state index is 12.6. The van der Waals surface area contributed by atoms with Crippen LogP contribution >= 0.6 is 11.8 Å². The van der Waals surface area contributed by atoms with Crippen molar-refractivity contribution < 1.29 is 9.53 Å². The number of thioether (sulfide) groups is 1. The van der Waals surface area contributed by atoms with Gasteiger partial charge in [0, 0.05) is 4.90 Å². The highest BCUT2D eigenvalue weighted by Gasteiger charge is 2.08. The minimum Gasteiger partial charge on any atom is -0.493 e. The van der Waals surface area contributed by atoms with Crippen LogP contribution in [-0.2, 0) is 0 Å². The third kappa shape index (κ3) is 16.0. The van der Waals surface area contributed by atoms with E-state index >= 15 is 0 Å². The number of ketones is 1. The largest absolute Gasteiger partial charge is 0.493 e. The molecule has 0 aromatic heterocycles. The van der Waals surface area contributed by atoms with Crippen LogP contribution in [0.4, 0.5) is 0 Å². The van der Waals surface area contributed by atoms with Crippen molar-refractivity contribution in [3.63, 3.8) is 0 Å². The highest BCUT2D eigenvalue weighted by Crippen LogP contribution is 2.22. The first-order chi connectivity index (χ1) is 19.2. The Balaban J connectivity index is 1.45. The molecular formula is C36H54O2S. The number of allylic oxidation sites excluding steroid dienone is 1. The zero-order valence-electron chi connectivity index (χ0n) is 24.9. The molecular weight excluding hydrogens is 496 g/mol. The van der Waals surface area contributed by atoms with E-state index in [9.17, 15) is 4.79 Å². The van der Waals surface area contributed by atoms with E-state index in [0.29, 0.717) is 17.9 Å². The van der Waals surface area contributed by atoms with Crippen LogP contribution in [0.5, 0.6) is 5.75 Å². The van der Waals surface area contributed by atoms with Crippen LogP contribution in [0, 0.1) is 0 Å². The van der Waals surface area contributed by atoms with E-state index in [1.165, 1.54) is 120 Å². The molecule has 3 heteroatoms. The van der Waals surface area contributed by atoms with Gasteiger partial charge in [-0.25, -0.2) is 0 Å². The molecule has 0 N–H and O–H groups in total. The van der Waals surface area contributed by atoms with E-state index in [2.05, 4.69) is 31.2 Å². The number of hydrogen-bond acceptors (Lipinski definition) is 3. The van der Waals surface area contributed by atoms with Crippen molar-refractivity contribution in [3.05, 3.63) is 65.7 Å². The van der Waals surface area contributed by atoms with Gasteiger partial charge in [-0.2, -0.15) is 0 Å². The number of carbonyl (C=O) groups excluding carboxylic acids is 1. The van der Waals surface area contributed by atoms with Crippen LogP contribution in [0.1, 0.15) is 139 Å². The van der Waals surface area contributed by atoms with Gasteiger partial charge in [0.1, 0.15) is 5.75 Å². The summed E-state index contributed by atoms with van der Waals surface area (Å²) in [5.74, 6) is 1.79. The predicted octanol–water partition coefficient (Wildman–Crippen LogP) is 11.7. The topological polar surface area (TPSA) is 26.3 Å². The molecule has 39 heavy (non-hydrogen) atoms. The Morgan fingerprint density at radius 2 is 1.18 bits per heavy atom. The summed E-state index contributed by atoms with van der Waals surface area (Å²) in [6.45, 7) is 4.77. The van der Waals surface area contributed by atoms with E-state index in [4.69, 9.17) is 4.74 Å². The smallest absolute Gasteiger partial charge is 0.189 e. The van der Waals surface area contributed by atoms with Crippen LogP contribution in [0.2, 0.25) is 0 Å². The second-order valence-electron chi connectivity index (χ2n) is 10.7. The van der Waals surface area contributed by atoms with Crippen LogP contribution in [0.25, 0.3) is 6.08 Å². The van der Waals surface area contributed by atoms with Gasteiger partial charge in [0.15, 0.2) is 5.78 Å². The van der Waals surface area contributed by atoms with Gasteiger partial charge >= 0.3 is 0 Å². The molecule has 0 amide bonds. The fraction of sp³-hybridized carbons (Fsp3) is 0.583. The zero-order chi connectivity index (χ0) is 27.8. The predicted molar refractivity (Wildman–Crippen MR) is 172 cm³/mol. The van der Waals surface area contributed by atoms with E-state index < -0.39 is 0 Å². The number of ether oxygens (including phenoxy) is 1. The fourth-order valence-electron chi connectivity index (χ4n) is 4.91. The van der Waals surface area contributed by atoms with Crippen LogP contribution < -0.4 is 4.74 Å². The van der Waals surface area contributed by atoms with Gasteiger partial charge in [-0.15, -0.1) is 11.8 Å². The van der Waals surface area contributed by atoms with Gasteiger partial charge in [-0.05, 0) is 55.0 Å². The van der Waals surface area contributed by atoms with Crippen LogP contribution in [0.3, 0.4) is 0 Å². The molecule has 0 saturated carbocycles. The molecule has 2 aromatic carbocycles. The Morgan fingerprint density at radius 1 is 0.667 bits per heavy atom. The summed E-state index contributed by atoms with van der Waals surface area (Å²) in [7, 11) is 0. The van der Waals surface area contributed by atoms with E-state index in [1.807, 2.05) is 49.0 Å². The molecule has 0 radical (unpaired) electrons. The number of carbonyl (C=O) groups is 1. The molecule has 2 aromatic rings. The highest BCUT2D eigenvalue weighted by molar-refractivity contribution is 7.99. The first-order valence-corrected chi connectivity index (χ1v) is 16.9. The molecule has 0 bridgehead atoms. The molecule has 2 nitrogen and oxygen atoms in total. The van der Waals surface area contributed by atoms with Crippen molar-refractivity contribution in [3.8, 4) is 5.75 Å². The average Bonchev–Trinajstić information content (AvgIpc) is 2.96. The lowest BCUT2D eigenvalue weighted by Crippen LogP contribution is -2.01. The van der Waals surface area contributed by atoms with Crippen molar-refractivity contribution in [1.29, 1.82) is 0 Å². The minimum absolute atomic E-state index is 0.0312. The molecule has 0 saturated heterocycles. The lowest BCUT2D eigenvalue weighted by molar-refractivity contribution is 0.104. The summed E-state index contributed by atoms with van der Waals surface area (Å²) < 4.78 is 5.58. The monoisotopic (exact) mass is 550 g/mol. The summed E-state index contributed by atoms with van der Waals surface area (Å²) in [5.41, 5.74) is 1.65. The van der Waals surface area contributed by atoms with Gasteiger partial charge in [-0.3, -0.25) is 4.79 Å². The minimum atomic E-state index is -0.0312. The Bertz CT molecular complexity index is 903. The standard InChI is InChI=1S/C36H54O2S/c1-3-5-6-7-8-9-10-11-12-13-14-15-16-17-18-19-22-31-39-33-28-25-32(26-29-33)27-30-35(37)34-23-20-21-24-36(34)38-4-2/h20-21,23-30H,3-19,22,31H2,1-2H3. The molecule has 0 spiro atoms. The van der Waals surface area contributed by atoms with Gasteiger partial charge < -0.3 is 4.74 Å². The Morgan fingerprint density at radius 3 is 1.72 bits per heavy atom. The number of hydrogen-bond donors (Lipinski definition) is 0. The molecule has 0 fully saturated rings. The molecule has 2 rings (SSSR count). The second kappa shape index (κ2) is 22.8. The van der Waals surface area contributed by atoms with Gasteiger partial charge in [0.2, 0.25) is 0 Å². The lowest BCUT2D eigenvalue weighted by atomic mass is 10.0. The quantitative estimate of drug-likeness (QED) is 0.0562. The number of rotatable bonds is 24. The summed E-state index contributed by atoms with van der Waals surface area (Å²) in [5, 5.41) is 0. The highest BCUT2D eigenvalue weighted by atomic mass is 32.2. The third-order valence-corrected chi connectivity index (χ3v) is 8.37. The first-order valence-electron chi connectivity index (χ1n) is 15.9. The van der Waals surface area contributed by atoms with Crippen LogP contribution in [-0.4, -0.2) is 18.1 Å². The van der Waals surface area contributed by atoms with Crippen molar-refractivity contribution in [2.75, 3.05) is 12.4 Å². The van der Waals surface area contributed by atoms with Gasteiger partial charge in [-0.1, -0.05) is 140 Å². The van der Waals surface area contributed by atoms with Crippen molar-refractivity contribution in [1.82, 2.24) is 0 Å². The average molecular weight is 551 g/mol. The molecule has 0 aliphatic rings. The maximum Gasteiger partial charge on any atom is 0.189 e. The molecule has 0 aliphatic heterocycles. The maximum atomic E-state index is 12.6. The van der Waals surface area contributed by atoms with Crippen molar-refractivity contribution >= 4 is 23.6 Å². The summed E-state index contributed by atoms with van der Waals surface area (Å²) in [6.07, 6.45) is 27.6. The number of para-hydroxylation sites is 1. The number of unbranched alkanes of at least 4 members (excludes halogenated alkanes) is 16. The fourth-order valence-corrected chi connectivity index (χ4v) is 5.82. The van der Waals surface area contributed by atoms with Crippen LogP contribution in [0.15, 0.2) is 59.5 Å². The SMILES string of the molecule is CCCCCCCCCCCCCCCCCCCSc1ccc(C=CC(=O)c2ccccc2OCC)cc1. The summed E-state index contributed by atoms with van der Waals surface area (Å²) in [4.78, 5) is 13.9. The normalized spacial score (nSPS) is 11.3. The van der Waals surface area contributed by atoms with E-state index in [0.717, 1.165) is 5.56 Å². The molecule has 0 heterocycles. The molecule has 0 aliphatic carbocycles. The Kier molecular flexibility index (Phi) is 19.4. The summed E-state index contributed by atoms with van der Waals surface area (Å²) >= 11 is 1.94. The van der Waals surface area contributed by atoms with Gasteiger partial charge in [0.05, 0.1) is 12.2 Å². The molecule has 0 atom stereocenters. The second-order valence-corrected chi connectivity index (χ2v) is 11.9. The molecule has 0 unspecified atom stereocenters. The van der Waals surface area contributed by atoms with E-state index in [-0.39, 0.29) is 5.78 Å². The third-order valence-electron chi connectivity index (χ3n) is 7.28. The number of benzene rings is 2. The first kappa shape index (κ1) is 33.2. The molecule has 216 valence electrons. The zero-order valence-corrected chi connectivity index (χ0v) is 25.7.